The summed E-state index contributed by atoms with van der Waals surface area (Å²) < 4.78 is 11.3. The molecule has 136 valence electrons. The second-order valence-electron chi connectivity index (χ2n) is 6.21. The highest BCUT2D eigenvalue weighted by atomic mass is 16.5. The predicted molar refractivity (Wildman–Crippen MR) is 103 cm³/mol. The van der Waals surface area contributed by atoms with Crippen LogP contribution in [0.2, 0.25) is 0 Å². The summed E-state index contributed by atoms with van der Waals surface area (Å²) >= 11 is 0. The summed E-state index contributed by atoms with van der Waals surface area (Å²) in [6.07, 6.45) is 0.377. The van der Waals surface area contributed by atoms with Crippen LogP contribution in [-0.4, -0.2) is 5.91 Å². The number of ether oxygens (including phenoxy) is 1. The Balaban J connectivity index is 1.69. The maximum atomic E-state index is 12.5. The number of benzene rings is 2. The topological polar surface area (TPSA) is 75.3 Å². The number of rotatable bonds is 6. The molecule has 3 rings (SSSR count). The fourth-order valence-electron chi connectivity index (χ4n) is 2.77. The highest BCUT2D eigenvalue weighted by Gasteiger charge is 2.15. The Labute approximate surface area is 158 Å². The van der Waals surface area contributed by atoms with Gasteiger partial charge in [-0.3, -0.25) is 4.79 Å². The van der Waals surface area contributed by atoms with E-state index in [1.165, 1.54) is 0 Å². The maximum Gasteiger partial charge on any atom is 0.259 e. The van der Waals surface area contributed by atoms with Gasteiger partial charge in [0.25, 0.3) is 5.91 Å². The monoisotopic (exact) mass is 360 g/mol. The Bertz CT molecular complexity index is 982. The molecule has 5 heteroatoms. The van der Waals surface area contributed by atoms with Crippen LogP contribution in [0.5, 0.6) is 5.75 Å². The Morgan fingerprint density at radius 1 is 1.15 bits per heavy atom. The molecule has 0 bridgehead atoms. The van der Waals surface area contributed by atoms with Gasteiger partial charge in [0.15, 0.2) is 0 Å². The number of hydrogen-bond donors (Lipinski definition) is 1. The first-order valence-corrected chi connectivity index (χ1v) is 8.62. The summed E-state index contributed by atoms with van der Waals surface area (Å²) in [5.74, 6) is 1.79. The van der Waals surface area contributed by atoms with Crippen molar-refractivity contribution in [3.8, 4) is 11.8 Å². The standard InChI is InChI=1S/C22H20N2O3/c1-15-13-20(16(2)27-15)22(25)24-21-6-4-3-5-18(21)14-26-19-9-7-17(8-10-19)11-12-23/h3-10,13H,11,14H2,1-2H3,(H,24,25). The molecule has 0 aliphatic heterocycles. The third-order valence-electron chi connectivity index (χ3n) is 4.15. The predicted octanol–water partition coefficient (Wildman–Crippen LogP) is 4.79. The molecule has 1 N–H and O–H groups in total. The molecule has 0 unspecified atom stereocenters. The smallest absolute Gasteiger partial charge is 0.259 e. The van der Waals surface area contributed by atoms with Crippen LogP contribution in [0.3, 0.4) is 0 Å². The second-order valence-corrected chi connectivity index (χ2v) is 6.21. The number of hydrogen-bond acceptors (Lipinski definition) is 4. The van der Waals surface area contributed by atoms with Crippen LogP contribution in [0, 0.1) is 25.2 Å². The van der Waals surface area contributed by atoms with Crippen molar-refractivity contribution in [2.24, 2.45) is 0 Å². The molecule has 1 heterocycles. The van der Waals surface area contributed by atoms with Gasteiger partial charge in [-0.1, -0.05) is 30.3 Å². The van der Waals surface area contributed by atoms with Gasteiger partial charge in [0, 0.05) is 11.3 Å². The van der Waals surface area contributed by atoms with E-state index in [0.717, 1.165) is 11.1 Å². The number of nitrogens with one attached hydrogen (secondary N) is 1. The molecular weight excluding hydrogens is 340 g/mol. The van der Waals surface area contributed by atoms with Crippen LogP contribution < -0.4 is 10.1 Å². The average molecular weight is 360 g/mol. The van der Waals surface area contributed by atoms with E-state index in [4.69, 9.17) is 14.4 Å². The maximum absolute atomic E-state index is 12.5. The molecule has 0 spiro atoms. The van der Waals surface area contributed by atoms with E-state index in [0.29, 0.717) is 41.5 Å². The lowest BCUT2D eigenvalue weighted by molar-refractivity contribution is 0.102. The van der Waals surface area contributed by atoms with Crippen molar-refractivity contribution in [3.63, 3.8) is 0 Å². The fraction of sp³-hybridized carbons (Fsp3) is 0.182. The van der Waals surface area contributed by atoms with Crippen molar-refractivity contribution < 1.29 is 13.9 Å². The van der Waals surface area contributed by atoms with Gasteiger partial charge < -0.3 is 14.5 Å². The minimum atomic E-state index is -0.211. The SMILES string of the molecule is Cc1cc(C(=O)Nc2ccccc2COc2ccc(CC#N)cc2)c(C)o1. The zero-order valence-corrected chi connectivity index (χ0v) is 15.3. The van der Waals surface area contributed by atoms with Crippen LogP contribution in [0.4, 0.5) is 5.69 Å². The summed E-state index contributed by atoms with van der Waals surface area (Å²) in [5.41, 5.74) is 3.03. The van der Waals surface area contributed by atoms with Gasteiger partial charge in [0.1, 0.15) is 23.9 Å². The first-order valence-electron chi connectivity index (χ1n) is 8.62. The molecule has 0 saturated heterocycles. The van der Waals surface area contributed by atoms with Gasteiger partial charge in [0.2, 0.25) is 0 Å². The largest absolute Gasteiger partial charge is 0.489 e. The molecule has 0 aliphatic carbocycles. The lowest BCUT2D eigenvalue weighted by Gasteiger charge is -2.12. The van der Waals surface area contributed by atoms with E-state index in [-0.39, 0.29) is 5.91 Å². The third-order valence-corrected chi connectivity index (χ3v) is 4.15. The number of amides is 1. The van der Waals surface area contributed by atoms with E-state index in [1.54, 1.807) is 13.0 Å². The van der Waals surface area contributed by atoms with Gasteiger partial charge in [-0.15, -0.1) is 0 Å². The van der Waals surface area contributed by atoms with Gasteiger partial charge in [0.05, 0.1) is 18.1 Å². The minimum absolute atomic E-state index is 0.211. The van der Waals surface area contributed by atoms with Crippen molar-refractivity contribution in [1.82, 2.24) is 0 Å². The quantitative estimate of drug-likeness (QED) is 0.685. The molecular formula is C22H20N2O3. The number of para-hydroxylation sites is 1. The first-order chi connectivity index (χ1) is 13.1. The van der Waals surface area contributed by atoms with Crippen molar-refractivity contribution in [1.29, 1.82) is 5.26 Å². The fourth-order valence-corrected chi connectivity index (χ4v) is 2.77. The highest BCUT2D eigenvalue weighted by molar-refractivity contribution is 6.05. The zero-order valence-electron chi connectivity index (χ0n) is 15.3. The lowest BCUT2D eigenvalue weighted by Crippen LogP contribution is -2.14. The molecule has 0 radical (unpaired) electrons. The van der Waals surface area contributed by atoms with Crippen LogP contribution in [0.15, 0.2) is 59.0 Å². The number of aryl methyl sites for hydroxylation is 2. The number of carbonyl (C=O) groups excluding carboxylic acids is 1. The Morgan fingerprint density at radius 2 is 1.89 bits per heavy atom. The molecule has 5 nitrogen and oxygen atoms in total. The van der Waals surface area contributed by atoms with Crippen LogP contribution in [0.25, 0.3) is 0 Å². The van der Waals surface area contributed by atoms with E-state index in [1.807, 2.05) is 55.5 Å². The Hall–Kier alpha value is -3.52. The van der Waals surface area contributed by atoms with E-state index < -0.39 is 0 Å². The molecule has 27 heavy (non-hydrogen) atoms. The summed E-state index contributed by atoms with van der Waals surface area (Å²) in [4.78, 5) is 12.5. The normalized spacial score (nSPS) is 10.3. The van der Waals surface area contributed by atoms with Crippen molar-refractivity contribution in [2.75, 3.05) is 5.32 Å². The van der Waals surface area contributed by atoms with Crippen molar-refractivity contribution >= 4 is 11.6 Å². The number of furan rings is 1. The molecule has 0 aliphatic rings. The summed E-state index contributed by atoms with van der Waals surface area (Å²) in [7, 11) is 0. The minimum Gasteiger partial charge on any atom is -0.489 e. The van der Waals surface area contributed by atoms with Crippen LogP contribution >= 0.6 is 0 Å². The number of carbonyl (C=O) groups is 1. The summed E-state index contributed by atoms with van der Waals surface area (Å²) in [6, 6.07) is 18.8. The number of nitriles is 1. The van der Waals surface area contributed by atoms with Crippen molar-refractivity contribution in [3.05, 3.63) is 82.8 Å². The first kappa shape index (κ1) is 18.3. The van der Waals surface area contributed by atoms with E-state index >= 15 is 0 Å². The lowest BCUT2D eigenvalue weighted by atomic mass is 10.1. The second kappa shape index (κ2) is 8.24. The van der Waals surface area contributed by atoms with Gasteiger partial charge in [-0.25, -0.2) is 0 Å². The van der Waals surface area contributed by atoms with E-state index in [2.05, 4.69) is 11.4 Å². The number of anilines is 1. The summed E-state index contributed by atoms with van der Waals surface area (Å²) in [6.45, 7) is 3.90. The van der Waals surface area contributed by atoms with Gasteiger partial charge >= 0.3 is 0 Å². The molecule has 2 aromatic carbocycles. The number of nitrogens with zero attached hydrogens (tertiary/aromatic N) is 1. The summed E-state index contributed by atoms with van der Waals surface area (Å²) in [5, 5.41) is 11.7. The zero-order chi connectivity index (χ0) is 19.2. The molecule has 3 aromatic rings. The van der Waals surface area contributed by atoms with Crippen molar-refractivity contribution in [2.45, 2.75) is 26.9 Å². The molecule has 1 amide bonds. The molecule has 0 saturated carbocycles. The van der Waals surface area contributed by atoms with E-state index in [9.17, 15) is 4.79 Å². The molecule has 1 aromatic heterocycles. The average Bonchev–Trinajstić information content (AvgIpc) is 3.01. The van der Waals surface area contributed by atoms with Gasteiger partial charge in [-0.2, -0.15) is 5.26 Å². The van der Waals surface area contributed by atoms with Crippen LogP contribution in [0.1, 0.15) is 33.0 Å². The molecule has 0 fully saturated rings. The Morgan fingerprint density at radius 3 is 2.56 bits per heavy atom. The Kier molecular flexibility index (Phi) is 5.58. The molecule has 0 atom stereocenters. The van der Waals surface area contributed by atoms with Crippen LogP contribution in [-0.2, 0) is 13.0 Å². The highest BCUT2D eigenvalue weighted by Crippen LogP contribution is 2.21. The third kappa shape index (κ3) is 4.56. The van der Waals surface area contributed by atoms with Gasteiger partial charge in [-0.05, 0) is 43.7 Å².